The van der Waals surface area contributed by atoms with Crippen LogP contribution < -0.4 is 15.8 Å². The van der Waals surface area contributed by atoms with Gasteiger partial charge < -0.3 is 15.4 Å². The molecule has 152 valence electrons. The maximum Gasteiger partial charge on any atom is 0.238 e. The highest BCUT2D eigenvalue weighted by atomic mass is 32.2. The lowest BCUT2D eigenvalue weighted by Crippen LogP contribution is -2.41. The molecule has 7 nitrogen and oxygen atoms in total. The molecule has 0 amide bonds. The van der Waals surface area contributed by atoms with Gasteiger partial charge in [0.2, 0.25) is 10.0 Å². The van der Waals surface area contributed by atoms with E-state index < -0.39 is 10.0 Å². The van der Waals surface area contributed by atoms with Gasteiger partial charge in [0.1, 0.15) is 0 Å². The summed E-state index contributed by atoms with van der Waals surface area (Å²) in [4.78, 5) is 4.92. The van der Waals surface area contributed by atoms with Crippen molar-refractivity contribution in [3.63, 3.8) is 0 Å². The highest BCUT2D eigenvalue weighted by Crippen LogP contribution is 2.44. The average molecular weight is 397 g/mol. The van der Waals surface area contributed by atoms with E-state index in [1.807, 2.05) is 6.92 Å². The minimum absolute atomic E-state index is 0.135. The van der Waals surface area contributed by atoms with Crippen molar-refractivity contribution >= 4 is 16.0 Å². The van der Waals surface area contributed by atoms with Crippen molar-refractivity contribution in [1.82, 2.24) is 10.6 Å². The van der Waals surface area contributed by atoms with Crippen LogP contribution in [0, 0.1) is 5.41 Å². The number of nitrogens with two attached hydrogens (primary N) is 1. The van der Waals surface area contributed by atoms with E-state index in [0.717, 1.165) is 44.1 Å². The van der Waals surface area contributed by atoms with Gasteiger partial charge in [-0.25, -0.2) is 13.6 Å². The number of ether oxygens (including phenoxy) is 1. The van der Waals surface area contributed by atoms with Crippen LogP contribution in [0.25, 0.3) is 0 Å². The number of methoxy groups -OCH3 is 1. The van der Waals surface area contributed by atoms with Crippen molar-refractivity contribution < 1.29 is 13.2 Å². The van der Waals surface area contributed by atoms with Gasteiger partial charge >= 0.3 is 0 Å². The summed E-state index contributed by atoms with van der Waals surface area (Å²) in [6.07, 6.45) is 5.54. The Morgan fingerprint density at radius 1 is 1.26 bits per heavy atom. The van der Waals surface area contributed by atoms with Gasteiger partial charge in [0, 0.05) is 33.4 Å². The lowest BCUT2D eigenvalue weighted by atomic mass is 9.67. The summed E-state index contributed by atoms with van der Waals surface area (Å²) in [5.41, 5.74) is 1.34. The molecule has 4 N–H and O–H groups in total. The molecule has 1 saturated carbocycles. The lowest BCUT2D eigenvalue weighted by molar-refractivity contribution is 0.0778. The summed E-state index contributed by atoms with van der Waals surface area (Å²) in [5.74, 6) is 0.822. The molecule has 0 unspecified atom stereocenters. The van der Waals surface area contributed by atoms with Crippen LogP contribution in [0.3, 0.4) is 0 Å². The molecule has 27 heavy (non-hydrogen) atoms. The predicted octanol–water partition coefficient (Wildman–Crippen LogP) is 1.64. The number of nitrogens with zero attached hydrogens (tertiary/aromatic N) is 1. The van der Waals surface area contributed by atoms with Gasteiger partial charge in [0.15, 0.2) is 5.96 Å². The SMILES string of the molecule is CCNC(=NCC1(CCOC)CCC1)NCCc1ccc(S(N)(=O)=O)cc1. The quantitative estimate of drug-likeness (QED) is 0.412. The number of sulfonamides is 1. The third-order valence-electron chi connectivity index (χ3n) is 5.13. The first-order chi connectivity index (χ1) is 12.9. The molecular formula is C19H32N4O3S. The molecule has 8 heteroatoms. The average Bonchev–Trinajstić information content (AvgIpc) is 2.60. The van der Waals surface area contributed by atoms with Crippen molar-refractivity contribution in [3.8, 4) is 0 Å². The van der Waals surface area contributed by atoms with Crippen LogP contribution in [0.1, 0.15) is 38.2 Å². The summed E-state index contributed by atoms with van der Waals surface area (Å²) < 4.78 is 27.8. The van der Waals surface area contributed by atoms with Crippen LogP contribution >= 0.6 is 0 Å². The fourth-order valence-corrected chi connectivity index (χ4v) is 3.76. The highest BCUT2D eigenvalue weighted by Gasteiger charge is 2.36. The first-order valence-electron chi connectivity index (χ1n) is 9.51. The Hall–Kier alpha value is -1.64. The molecule has 0 bridgehead atoms. The van der Waals surface area contributed by atoms with E-state index in [-0.39, 0.29) is 4.90 Å². The van der Waals surface area contributed by atoms with Gasteiger partial charge in [-0.2, -0.15) is 0 Å². The van der Waals surface area contributed by atoms with E-state index in [1.165, 1.54) is 19.3 Å². The predicted molar refractivity (Wildman–Crippen MR) is 108 cm³/mol. The fourth-order valence-electron chi connectivity index (χ4n) is 3.24. The first kappa shape index (κ1) is 21.7. The summed E-state index contributed by atoms with van der Waals surface area (Å²) >= 11 is 0. The third-order valence-corrected chi connectivity index (χ3v) is 6.05. The number of nitrogens with one attached hydrogen (secondary N) is 2. The Labute approximate surface area is 162 Å². The molecule has 0 heterocycles. The number of hydrogen-bond acceptors (Lipinski definition) is 4. The molecular weight excluding hydrogens is 364 g/mol. The number of benzene rings is 1. The molecule has 1 aromatic rings. The van der Waals surface area contributed by atoms with Gasteiger partial charge in [-0.05, 0) is 55.7 Å². The van der Waals surface area contributed by atoms with Gasteiger partial charge in [0.05, 0.1) is 4.90 Å². The molecule has 1 aliphatic carbocycles. The van der Waals surface area contributed by atoms with Gasteiger partial charge in [-0.15, -0.1) is 0 Å². The highest BCUT2D eigenvalue weighted by molar-refractivity contribution is 7.89. The van der Waals surface area contributed by atoms with E-state index in [9.17, 15) is 8.42 Å². The largest absolute Gasteiger partial charge is 0.385 e. The molecule has 1 fully saturated rings. The molecule has 0 radical (unpaired) electrons. The van der Waals surface area contributed by atoms with E-state index >= 15 is 0 Å². The standard InChI is InChI=1S/C19H32N4O3S/c1-3-21-18(23-15-19(10-4-11-19)12-14-26-2)22-13-9-16-5-7-17(8-6-16)27(20,24)25/h5-8H,3-4,9-15H2,1-2H3,(H2,20,24,25)(H2,21,22,23). The van der Waals surface area contributed by atoms with Crippen LogP contribution in [0.2, 0.25) is 0 Å². The monoisotopic (exact) mass is 396 g/mol. The fraction of sp³-hybridized carbons (Fsp3) is 0.632. The molecule has 1 aliphatic rings. The smallest absolute Gasteiger partial charge is 0.238 e. The summed E-state index contributed by atoms with van der Waals surface area (Å²) in [5, 5.41) is 11.8. The van der Waals surface area contributed by atoms with Crippen LogP contribution in [0.15, 0.2) is 34.2 Å². The normalized spacial score (nSPS) is 16.6. The zero-order chi connectivity index (χ0) is 19.8. The zero-order valence-electron chi connectivity index (χ0n) is 16.3. The Morgan fingerprint density at radius 3 is 2.48 bits per heavy atom. The van der Waals surface area contributed by atoms with Crippen molar-refractivity contribution in [1.29, 1.82) is 0 Å². The number of primary sulfonamides is 1. The number of aliphatic imine (C=N–C) groups is 1. The summed E-state index contributed by atoms with van der Waals surface area (Å²) in [7, 11) is -1.89. The number of rotatable bonds is 10. The van der Waals surface area contributed by atoms with Crippen molar-refractivity contribution in [2.45, 2.75) is 43.9 Å². The molecule has 0 aromatic heterocycles. The zero-order valence-corrected chi connectivity index (χ0v) is 17.1. The van der Waals surface area contributed by atoms with E-state index in [1.54, 1.807) is 31.4 Å². The van der Waals surface area contributed by atoms with Crippen molar-refractivity contribution in [3.05, 3.63) is 29.8 Å². The second-order valence-electron chi connectivity index (χ2n) is 7.16. The topological polar surface area (TPSA) is 106 Å². The van der Waals surface area contributed by atoms with Crippen LogP contribution in [0.5, 0.6) is 0 Å². The Bertz CT molecular complexity index is 713. The number of hydrogen-bond donors (Lipinski definition) is 3. The Morgan fingerprint density at radius 2 is 1.96 bits per heavy atom. The molecule has 0 saturated heterocycles. The Balaban J connectivity index is 1.86. The lowest BCUT2D eigenvalue weighted by Gasteiger charge is -2.40. The molecule has 0 aliphatic heterocycles. The van der Waals surface area contributed by atoms with Crippen LogP contribution in [0.4, 0.5) is 0 Å². The van der Waals surface area contributed by atoms with E-state index in [4.69, 9.17) is 14.9 Å². The van der Waals surface area contributed by atoms with Crippen molar-refractivity contribution in [2.75, 3.05) is 33.4 Å². The van der Waals surface area contributed by atoms with Gasteiger partial charge in [-0.1, -0.05) is 18.6 Å². The van der Waals surface area contributed by atoms with Gasteiger partial charge in [-0.3, -0.25) is 4.99 Å². The molecule has 1 aromatic carbocycles. The summed E-state index contributed by atoms with van der Waals surface area (Å²) in [6, 6.07) is 6.67. The molecule has 0 atom stereocenters. The molecule has 0 spiro atoms. The maximum absolute atomic E-state index is 11.3. The maximum atomic E-state index is 11.3. The van der Waals surface area contributed by atoms with Crippen LogP contribution in [-0.2, 0) is 21.2 Å². The van der Waals surface area contributed by atoms with Gasteiger partial charge in [0.25, 0.3) is 0 Å². The third kappa shape index (κ3) is 6.79. The van der Waals surface area contributed by atoms with E-state index in [2.05, 4.69) is 10.6 Å². The summed E-state index contributed by atoms with van der Waals surface area (Å²) in [6.45, 7) is 5.17. The minimum atomic E-state index is -3.64. The second kappa shape index (κ2) is 10.1. The first-order valence-corrected chi connectivity index (χ1v) is 11.1. The molecule has 2 rings (SSSR count). The van der Waals surface area contributed by atoms with E-state index in [0.29, 0.717) is 12.0 Å². The van der Waals surface area contributed by atoms with Crippen molar-refractivity contribution in [2.24, 2.45) is 15.5 Å². The van der Waals surface area contributed by atoms with Crippen LogP contribution in [-0.4, -0.2) is 47.7 Å². The Kier molecular flexibility index (Phi) is 8.07. The number of guanidine groups is 1. The second-order valence-corrected chi connectivity index (χ2v) is 8.72. The minimum Gasteiger partial charge on any atom is -0.385 e.